The highest BCUT2D eigenvalue weighted by atomic mass is 35.5. The van der Waals surface area contributed by atoms with Gasteiger partial charge < -0.3 is 0 Å². The minimum Gasteiger partial charge on any atom is -0.299 e. The van der Waals surface area contributed by atoms with Crippen LogP contribution in [0.3, 0.4) is 0 Å². The van der Waals surface area contributed by atoms with Gasteiger partial charge in [0, 0.05) is 23.8 Å². The van der Waals surface area contributed by atoms with Crippen molar-refractivity contribution >= 4 is 34.2 Å². The fourth-order valence-electron chi connectivity index (χ4n) is 0.744. The van der Waals surface area contributed by atoms with E-state index in [1.807, 2.05) is 0 Å². The summed E-state index contributed by atoms with van der Waals surface area (Å²) in [6.45, 7) is 0. The van der Waals surface area contributed by atoms with Crippen LogP contribution in [-0.2, 0) is 4.79 Å². The Bertz CT molecular complexity index is 253. The molecule has 0 aromatic carbocycles. The lowest BCUT2D eigenvalue weighted by Gasteiger charge is -1.98. The van der Waals surface area contributed by atoms with E-state index in [1.54, 1.807) is 0 Å². The van der Waals surface area contributed by atoms with Crippen LogP contribution in [0.4, 0.5) is 5.13 Å². The Balaban J connectivity index is 2.18. The molecule has 1 aromatic rings. The van der Waals surface area contributed by atoms with E-state index in [-0.39, 0.29) is 5.91 Å². The molecule has 1 N–H and O–H groups in total. The van der Waals surface area contributed by atoms with Crippen LogP contribution in [0.1, 0.15) is 19.3 Å². The third-order valence-electron chi connectivity index (χ3n) is 1.33. The van der Waals surface area contributed by atoms with Crippen LogP contribution >= 0.6 is 23.1 Å². The number of carbonyl (C=O) groups is 1. The summed E-state index contributed by atoms with van der Waals surface area (Å²) in [7, 11) is 0. The van der Waals surface area contributed by atoms with Crippen LogP contribution in [0.5, 0.6) is 0 Å². The summed E-state index contributed by atoms with van der Waals surface area (Å²) in [5.74, 6) is 0.525. The van der Waals surface area contributed by atoms with Crippen molar-refractivity contribution < 1.29 is 4.79 Å². The van der Waals surface area contributed by atoms with E-state index >= 15 is 0 Å². The topological polar surface area (TPSA) is 67.8 Å². The molecular weight excluding hydrogens is 212 g/mol. The molecule has 0 unspecified atom stereocenters. The van der Waals surface area contributed by atoms with Crippen molar-refractivity contribution in [3.63, 3.8) is 0 Å². The Hall–Kier alpha value is -0.750. The molecule has 72 valence electrons. The number of aromatic nitrogens is 3. The first-order valence-electron chi connectivity index (χ1n) is 3.84. The fourth-order valence-corrected chi connectivity index (χ4v) is 1.32. The van der Waals surface area contributed by atoms with E-state index < -0.39 is 0 Å². The van der Waals surface area contributed by atoms with Crippen molar-refractivity contribution in [2.75, 3.05) is 11.2 Å². The summed E-state index contributed by atoms with van der Waals surface area (Å²) in [5.41, 5.74) is 0. The van der Waals surface area contributed by atoms with Crippen LogP contribution in [0.2, 0.25) is 0 Å². The number of rotatable bonds is 5. The lowest BCUT2D eigenvalue weighted by atomic mass is 10.2. The maximum absolute atomic E-state index is 11.1. The zero-order valence-electron chi connectivity index (χ0n) is 6.86. The first-order chi connectivity index (χ1) is 6.33. The summed E-state index contributed by atoms with van der Waals surface area (Å²) in [6, 6.07) is 0. The third kappa shape index (κ3) is 4.14. The average Bonchev–Trinajstić information content (AvgIpc) is 2.57. The number of nitrogens with zero attached hydrogens (tertiary/aromatic N) is 3. The van der Waals surface area contributed by atoms with Gasteiger partial charge in [-0.25, -0.2) is 0 Å². The molecule has 1 amide bonds. The Morgan fingerprint density at radius 3 is 3.00 bits per heavy atom. The molecule has 0 saturated carbocycles. The molecule has 1 aromatic heterocycles. The summed E-state index contributed by atoms with van der Waals surface area (Å²) in [5, 5.41) is 9.96. The molecule has 0 fully saturated rings. The molecule has 0 saturated heterocycles. The summed E-state index contributed by atoms with van der Waals surface area (Å²) >= 11 is 6.53. The summed E-state index contributed by atoms with van der Waals surface area (Å²) in [4.78, 5) is 11.1. The Kier molecular flexibility index (Phi) is 4.63. The molecule has 1 heterocycles. The van der Waals surface area contributed by atoms with E-state index in [4.69, 9.17) is 11.6 Å². The Labute approximate surface area is 84.6 Å². The minimum atomic E-state index is -0.0660. The van der Waals surface area contributed by atoms with Crippen LogP contribution in [-0.4, -0.2) is 26.6 Å². The lowest BCUT2D eigenvalue weighted by molar-refractivity contribution is -0.116. The zero-order chi connectivity index (χ0) is 9.52. The second kappa shape index (κ2) is 5.82. The number of halogens is 1. The third-order valence-corrected chi connectivity index (χ3v) is 2.11. The van der Waals surface area contributed by atoms with Gasteiger partial charge in [-0.05, 0) is 18.1 Å². The van der Waals surface area contributed by atoms with E-state index in [0.717, 1.165) is 24.4 Å². The largest absolute Gasteiger partial charge is 0.299 e. The first-order valence-corrected chi connectivity index (χ1v) is 5.14. The molecule has 0 aliphatic heterocycles. The fraction of sp³-hybridized carbons (Fsp3) is 0.667. The van der Waals surface area contributed by atoms with Gasteiger partial charge in [-0.3, -0.25) is 10.1 Å². The van der Waals surface area contributed by atoms with Crippen LogP contribution in [0.25, 0.3) is 0 Å². The van der Waals surface area contributed by atoms with E-state index in [9.17, 15) is 4.79 Å². The van der Waals surface area contributed by atoms with Gasteiger partial charge in [0.15, 0.2) is 0 Å². The van der Waals surface area contributed by atoms with Crippen molar-refractivity contribution in [3.8, 4) is 0 Å². The standard InChI is InChI=1S/C6H9ClN4OS/c7-4-2-1-3-5(12)8-6-9-10-11-13-6/h1-4H2,(H,8,9,11,12). The van der Waals surface area contributed by atoms with Crippen molar-refractivity contribution in [1.29, 1.82) is 0 Å². The first kappa shape index (κ1) is 10.3. The van der Waals surface area contributed by atoms with Crippen molar-refractivity contribution in [2.24, 2.45) is 0 Å². The van der Waals surface area contributed by atoms with Gasteiger partial charge in [0.25, 0.3) is 0 Å². The van der Waals surface area contributed by atoms with Gasteiger partial charge in [-0.15, -0.1) is 11.6 Å². The molecule has 5 nitrogen and oxygen atoms in total. The highest BCUT2D eigenvalue weighted by Gasteiger charge is 2.04. The van der Waals surface area contributed by atoms with Crippen molar-refractivity contribution in [3.05, 3.63) is 0 Å². The van der Waals surface area contributed by atoms with Gasteiger partial charge in [0.2, 0.25) is 11.0 Å². The van der Waals surface area contributed by atoms with E-state index in [0.29, 0.717) is 17.4 Å². The van der Waals surface area contributed by atoms with E-state index in [2.05, 4.69) is 20.1 Å². The minimum absolute atomic E-state index is 0.0660. The number of anilines is 1. The predicted octanol–water partition coefficient (Wildman–Crippen LogP) is 1.28. The van der Waals surface area contributed by atoms with Crippen LogP contribution < -0.4 is 5.32 Å². The molecule has 1 rings (SSSR count). The molecular formula is C6H9ClN4OS. The smallest absolute Gasteiger partial charge is 0.231 e. The number of unbranched alkanes of at least 4 members (excludes halogenated alkanes) is 1. The number of carbonyl (C=O) groups excluding carboxylic acids is 1. The molecule has 0 radical (unpaired) electrons. The molecule has 0 spiro atoms. The Morgan fingerprint density at radius 1 is 1.54 bits per heavy atom. The second-order valence-corrected chi connectivity index (χ2v) is 3.47. The number of nitrogens with one attached hydrogen (secondary N) is 1. The predicted molar refractivity (Wildman–Crippen MR) is 50.9 cm³/mol. The number of alkyl halides is 1. The molecule has 0 aliphatic rings. The summed E-state index contributed by atoms with van der Waals surface area (Å²) < 4.78 is 3.52. The monoisotopic (exact) mass is 220 g/mol. The number of hydrogen-bond donors (Lipinski definition) is 1. The van der Waals surface area contributed by atoms with Gasteiger partial charge in [-0.1, -0.05) is 9.59 Å². The van der Waals surface area contributed by atoms with Crippen LogP contribution in [0, 0.1) is 0 Å². The number of amides is 1. The highest BCUT2D eigenvalue weighted by Crippen LogP contribution is 2.06. The van der Waals surface area contributed by atoms with Gasteiger partial charge in [-0.2, -0.15) is 0 Å². The second-order valence-electron chi connectivity index (χ2n) is 2.36. The highest BCUT2D eigenvalue weighted by molar-refractivity contribution is 7.09. The van der Waals surface area contributed by atoms with E-state index in [1.165, 1.54) is 0 Å². The molecule has 13 heavy (non-hydrogen) atoms. The molecule has 0 atom stereocenters. The summed E-state index contributed by atoms with van der Waals surface area (Å²) in [6.07, 6.45) is 2.11. The van der Waals surface area contributed by atoms with Gasteiger partial charge in [0.05, 0.1) is 0 Å². The maximum Gasteiger partial charge on any atom is 0.231 e. The Morgan fingerprint density at radius 2 is 2.38 bits per heavy atom. The van der Waals surface area contributed by atoms with Gasteiger partial charge >= 0.3 is 0 Å². The molecule has 0 aliphatic carbocycles. The van der Waals surface area contributed by atoms with Crippen LogP contribution in [0.15, 0.2) is 0 Å². The lowest BCUT2D eigenvalue weighted by Crippen LogP contribution is -2.10. The van der Waals surface area contributed by atoms with Crippen molar-refractivity contribution in [2.45, 2.75) is 19.3 Å². The maximum atomic E-state index is 11.1. The number of hydrogen-bond acceptors (Lipinski definition) is 5. The normalized spacial score (nSPS) is 9.92. The SMILES string of the molecule is O=C(CCCCCl)Nc1nnns1. The molecule has 0 bridgehead atoms. The van der Waals surface area contributed by atoms with Gasteiger partial charge in [0.1, 0.15) is 0 Å². The quantitative estimate of drug-likeness (QED) is 0.600. The van der Waals surface area contributed by atoms with Crippen molar-refractivity contribution in [1.82, 2.24) is 14.8 Å². The zero-order valence-corrected chi connectivity index (χ0v) is 8.44. The average molecular weight is 221 g/mol. The molecule has 7 heteroatoms.